The molecule has 0 aliphatic rings. The second-order valence-corrected chi connectivity index (χ2v) is 6.47. The molecule has 0 radical (unpaired) electrons. The number of alkyl halides is 6. The Labute approximate surface area is 169 Å². The number of nitrogens with zero attached hydrogens (tertiary/aromatic N) is 1. The second kappa shape index (κ2) is 8.02. The lowest BCUT2D eigenvalue weighted by atomic mass is 10.2. The first kappa shape index (κ1) is 21.7. The molecule has 0 aliphatic heterocycles. The molecule has 1 aromatic heterocycles. The van der Waals surface area contributed by atoms with Gasteiger partial charge in [0.05, 0.1) is 15.9 Å². The maximum absolute atomic E-state index is 13.3. The number of halogens is 7. The van der Waals surface area contributed by atoms with Crippen LogP contribution in [-0.4, -0.2) is 28.4 Å². The lowest BCUT2D eigenvalue weighted by Gasteiger charge is -2.23. The molecule has 4 nitrogen and oxygen atoms in total. The van der Waals surface area contributed by atoms with E-state index < -0.39 is 29.8 Å². The highest BCUT2D eigenvalue weighted by Gasteiger charge is 2.59. The van der Waals surface area contributed by atoms with Gasteiger partial charge in [-0.25, -0.2) is 9.37 Å². The highest BCUT2D eigenvalue weighted by atomic mass is 35.5. The maximum atomic E-state index is 13.3. The van der Waals surface area contributed by atoms with Gasteiger partial charge in [-0.1, -0.05) is 35.9 Å². The van der Waals surface area contributed by atoms with Crippen molar-refractivity contribution in [2.24, 2.45) is 0 Å². The average Bonchev–Trinajstić information content (AvgIpc) is 2.68. The van der Waals surface area contributed by atoms with E-state index in [9.17, 15) is 31.1 Å². The second-order valence-electron chi connectivity index (χ2n) is 6.06. The van der Waals surface area contributed by atoms with E-state index in [4.69, 9.17) is 11.6 Å². The summed E-state index contributed by atoms with van der Waals surface area (Å²) in [5.41, 5.74) is 0.317. The normalized spacial score (nSPS) is 14.0. The molecule has 0 saturated heterocycles. The average molecular weight is 449 g/mol. The quantitative estimate of drug-likeness (QED) is 0.522. The van der Waals surface area contributed by atoms with E-state index in [1.54, 1.807) is 24.3 Å². The Kier molecular flexibility index (Phi) is 5.80. The van der Waals surface area contributed by atoms with E-state index in [0.717, 1.165) is 12.1 Å². The number of nitrogens with one attached hydrogen (secondary N) is 1. The lowest BCUT2D eigenvalue weighted by Crippen LogP contribution is -2.45. The molecule has 158 valence electrons. The van der Waals surface area contributed by atoms with Gasteiger partial charge in [0.2, 0.25) is 0 Å². The van der Waals surface area contributed by atoms with Gasteiger partial charge in [-0.2, -0.15) is 22.0 Å². The zero-order valence-corrected chi connectivity index (χ0v) is 15.4. The fourth-order valence-electron chi connectivity index (χ4n) is 2.45. The number of para-hydroxylation sites is 1. The Bertz CT molecular complexity index is 1140. The van der Waals surface area contributed by atoms with Crippen molar-refractivity contribution in [2.75, 3.05) is 0 Å². The van der Waals surface area contributed by atoms with Gasteiger partial charge in [-0.05, 0) is 35.9 Å². The Morgan fingerprint density at radius 1 is 1.07 bits per heavy atom. The van der Waals surface area contributed by atoms with Crippen LogP contribution >= 0.6 is 11.6 Å². The van der Waals surface area contributed by atoms with Gasteiger partial charge < -0.3 is 9.72 Å². The third-order valence-corrected chi connectivity index (χ3v) is 4.14. The van der Waals surface area contributed by atoms with Gasteiger partial charge in [0.15, 0.2) is 5.82 Å². The molecule has 0 amide bonds. The first-order chi connectivity index (χ1) is 14.0. The molecule has 0 saturated carbocycles. The van der Waals surface area contributed by atoms with Crippen LogP contribution < -0.4 is 10.3 Å². The van der Waals surface area contributed by atoms with Crippen molar-refractivity contribution in [3.05, 3.63) is 70.3 Å². The highest BCUT2D eigenvalue weighted by molar-refractivity contribution is 6.50. The van der Waals surface area contributed by atoms with Crippen LogP contribution in [0.2, 0.25) is 0 Å². The van der Waals surface area contributed by atoms with E-state index in [-0.39, 0.29) is 10.9 Å². The summed E-state index contributed by atoms with van der Waals surface area (Å²) in [7, 11) is 0. The topological polar surface area (TPSA) is 55.0 Å². The minimum atomic E-state index is -5.77. The molecule has 1 N–H and O–H groups in total. The number of rotatable bonds is 5. The molecule has 0 bridgehead atoms. The Morgan fingerprint density at radius 3 is 2.33 bits per heavy atom. The predicted molar refractivity (Wildman–Crippen MR) is 99.1 cm³/mol. The molecule has 2 aromatic carbocycles. The largest absolute Gasteiger partial charge is 0.439 e. The summed E-state index contributed by atoms with van der Waals surface area (Å²) in [4.78, 5) is 18.8. The fourth-order valence-corrected chi connectivity index (χ4v) is 2.66. The van der Waals surface area contributed by atoms with Gasteiger partial charge in [-0.15, -0.1) is 0 Å². The minimum absolute atomic E-state index is 0.0118. The van der Waals surface area contributed by atoms with Gasteiger partial charge in [0.25, 0.3) is 11.7 Å². The van der Waals surface area contributed by atoms with Crippen LogP contribution in [-0.2, 0) is 0 Å². The van der Waals surface area contributed by atoms with Crippen LogP contribution in [0.15, 0.2) is 53.3 Å². The number of aromatic nitrogens is 2. The van der Waals surface area contributed by atoms with Crippen molar-refractivity contribution in [1.29, 1.82) is 0 Å². The Hall–Kier alpha value is -3.01. The number of fused-ring (bicyclic) bond motifs is 1. The molecule has 1 unspecified atom stereocenters. The molecule has 1 atom stereocenters. The third-order valence-electron chi connectivity index (χ3n) is 3.85. The van der Waals surface area contributed by atoms with E-state index in [2.05, 4.69) is 14.7 Å². The number of ether oxygens (including phenoxy) is 1. The van der Waals surface area contributed by atoms with Crippen molar-refractivity contribution in [3.63, 3.8) is 0 Å². The minimum Gasteiger partial charge on any atom is -0.430 e. The van der Waals surface area contributed by atoms with E-state index >= 15 is 0 Å². The fraction of sp³-hybridized carbons (Fsp3) is 0.158. The summed E-state index contributed by atoms with van der Waals surface area (Å²) in [6.45, 7) is 0. The lowest BCUT2D eigenvalue weighted by molar-refractivity contribution is -0.304. The molecule has 0 spiro atoms. The highest BCUT2D eigenvalue weighted by Crippen LogP contribution is 2.36. The van der Waals surface area contributed by atoms with Crippen LogP contribution in [0.1, 0.15) is 11.4 Å². The van der Waals surface area contributed by atoms with Crippen LogP contribution in [0, 0.1) is 0 Å². The van der Waals surface area contributed by atoms with Gasteiger partial charge >= 0.3 is 12.3 Å². The Morgan fingerprint density at radius 2 is 1.70 bits per heavy atom. The molecule has 0 fully saturated rings. The predicted octanol–water partition coefficient (Wildman–Crippen LogP) is 5.53. The molecular formula is C19H11ClF6N2O2. The van der Waals surface area contributed by atoms with Crippen molar-refractivity contribution < 1.29 is 31.1 Å². The van der Waals surface area contributed by atoms with Crippen LogP contribution in [0.4, 0.5) is 26.3 Å². The monoisotopic (exact) mass is 448 g/mol. The van der Waals surface area contributed by atoms with Crippen LogP contribution in [0.3, 0.4) is 0 Å². The SMILES string of the molecule is O=c1[nH]c(/C(Cl)=C\c2ccc(OC(F)(F)C(F)C(F)(F)F)cc2)nc2ccccc12. The number of H-pyrrole nitrogens is 1. The van der Waals surface area contributed by atoms with Crippen molar-refractivity contribution in [3.8, 4) is 5.75 Å². The standard InChI is InChI=1S/C19H11ClF6N2O2/c20-13(15-27-14-4-2-1-3-12(14)16(29)28-15)9-10-5-7-11(8-6-10)30-19(25,26)17(21)18(22,23)24/h1-9,17H,(H,27,28,29)/b13-9+. The summed E-state index contributed by atoms with van der Waals surface area (Å²) in [5.74, 6) is -0.630. The first-order valence-electron chi connectivity index (χ1n) is 8.22. The maximum Gasteiger partial charge on any atom is 0.439 e. The summed E-state index contributed by atoms with van der Waals surface area (Å²) < 4.78 is 79.8. The van der Waals surface area contributed by atoms with E-state index in [1.807, 2.05) is 0 Å². The summed E-state index contributed by atoms with van der Waals surface area (Å²) in [6.07, 6.45) is -14.0. The van der Waals surface area contributed by atoms with Gasteiger partial charge in [0.1, 0.15) is 5.75 Å². The Balaban J connectivity index is 1.81. The zero-order chi connectivity index (χ0) is 22.1. The van der Waals surface area contributed by atoms with Crippen molar-refractivity contribution in [2.45, 2.75) is 18.5 Å². The summed E-state index contributed by atoms with van der Waals surface area (Å²) in [5, 5.41) is 0.371. The van der Waals surface area contributed by atoms with Crippen molar-refractivity contribution >= 4 is 33.6 Å². The van der Waals surface area contributed by atoms with Crippen molar-refractivity contribution in [1.82, 2.24) is 9.97 Å². The number of aromatic amines is 1. The number of hydrogen-bond donors (Lipinski definition) is 1. The summed E-state index contributed by atoms with van der Waals surface area (Å²) in [6, 6.07) is 10.8. The number of hydrogen-bond acceptors (Lipinski definition) is 3. The van der Waals surface area contributed by atoms with Crippen LogP contribution in [0.5, 0.6) is 5.75 Å². The molecule has 30 heavy (non-hydrogen) atoms. The molecule has 0 aliphatic carbocycles. The molecule has 3 rings (SSSR count). The molecule has 1 heterocycles. The molecule has 3 aromatic rings. The van der Waals surface area contributed by atoms with E-state index in [0.29, 0.717) is 16.5 Å². The molecule has 11 heteroatoms. The third kappa shape index (κ3) is 4.76. The van der Waals surface area contributed by atoms with Gasteiger partial charge in [-0.3, -0.25) is 4.79 Å². The summed E-state index contributed by atoms with van der Waals surface area (Å²) >= 11 is 6.15. The van der Waals surface area contributed by atoms with Gasteiger partial charge in [0, 0.05) is 0 Å². The zero-order valence-electron chi connectivity index (χ0n) is 14.7. The molecular weight excluding hydrogens is 438 g/mol. The number of benzene rings is 2. The first-order valence-corrected chi connectivity index (χ1v) is 8.59. The van der Waals surface area contributed by atoms with E-state index in [1.165, 1.54) is 18.2 Å². The smallest absolute Gasteiger partial charge is 0.430 e. The van der Waals surface area contributed by atoms with Crippen LogP contribution in [0.25, 0.3) is 22.0 Å².